The summed E-state index contributed by atoms with van der Waals surface area (Å²) in [5.74, 6) is 3.47. The van der Waals surface area contributed by atoms with Gasteiger partial charge in [0.1, 0.15) is 8.07 Å². The lowest BCUT2D eigenvalue weighted by Crippen LogP contribution is -2.43. The molecule has 0 N–H and O–H groups in total. The van der Waals surface area contributed by atoms with E-state index in [0.717, 1.165) is 38.4 Å². The van der Waals surface area contributed by atoms with Crippen LogP contribution in [0.25, 0.3) is 0 Å². The van der Waals surface area contributed by atoms with Crippen molar-refractivity contribution in [3.8, 4) is 11.5 Å². The Hall–Kier alpha value is -0.313. The van der Waals surface area contributed by atoms with Gasteiger partial charge >= 0.3 is 0 Å². The van der Waals surface area contributed by atoms with Gasteiger partial charge < -0.3 is 0 Å². The molecule has 0 atom stereocenters. The molecule has 0 bridgehead atoms. The lowest BCUT2D eigenvalue weighted by Gasteiger charge is -2.38. The van der Waals surface area contributed by atoms with Crippen LogP contribution in [0.15, 0.2) is 0 Å². The lowest BCUT2D eigenvalue weighted by atomic mass is 10.1. The molecule has 136 valence electrons. The fourth-order valence-corrected chi connectivity index (χ4v) is 9.25. The maximum Gasteiger partial charge on any atom is 0.264 e. The van der Waals surface area contributed by atoms with Gasteiger partial charge in [-0.05, 0) is 29.5 Å². The van der Waals surface area contributed by atoms with Gasteiger partial charge in [-0.1, -0.05) is 54.4 Å². The Bertz CT molecular complexity index is 462. The molecule has 0 spiro atoms. The first kappa shape index (κ1) is 22.7. The van der Waals surface area contributed by atoms with Gasteiger partial charge in [0.15, 0.2) is 0 Å². The Morgan fingerprint density at radius 3 is 1.78 bits per heavy atom. The van der Waals surface area contributed by atoms with Gasteiger partial charge in [-0.3, -0.25) is 4.18 Å². The van der Waals surface area contributed by atoms with Gasteiger partial charge in [-0.25, -0.2) is 0 Å². The molecule has 0 saturated heterocycles. The zero-order chi connectivity index (χ0) is 18.1. The molecule has 0 heterocycles. The Balaban J connectivity index is 4.24. The minimum absolute atomic E-state index is 0.300. The quantitative estimate of drug-likeness (QED) is 0.235. The number of hydrogen-bond acceptors (Lipinski definition) is 3. The first-order chi connectivity index (χ1) is 10.5. The highest BCUT2D eigenvalue weighted by Gasteiger charge is 2.41. The van der Waals surface area contributed by atoms with Crippen LogP contribution < -0.4 is 0 Å². The van der Waals surface area contributed by atoms with Crippen LogP contribution in [0.1, 0.15) is 73.6 Å². The van der Waals surface area contributed by atoms with E-state index in [1.807, 2.05) is 0 Å². The number of hydrogen-bond donors (Lipinski definition) is 0. The summed E-state index contributed by atoms with van der Waals surface area (Å²) in [6, 6.07) is 0. The highest BCUT2D eigenvalue weighted by atomic mass is 32.2. The maximum absolute atomic E-state index is 10.8. The first-order valence-corrected chi connectivity index (χ1v) is 12.9. The molecule has 5 heteroatoms. The van der Waals surface area contributed by atoms with Gasteiger partial charge in [-0.2, -0.15) is 8.42 Å². The zero-order valence-corrected chi connectivity index (χ0v) is 17.9. The van der Waals surface area contributed by atoms with E-state index < -0.39 is 18.2 Å². The largest absolute Gasteiger partial charge is 0.270 e. The fourth-order valence-electron chi connectivity index (χ4n) is 3.53. The fraction of sp³-hybridized carbons (Fsp3) is 0.889. The highest BCUT2D eigenvalue weighted by molar-refractivity contribution is 7.85. The summed E-state index contributed by atoms with van der Waals surface area (Å²) < 4.78 is 26.4. The minimum Gasteiger partial charge on any atom is -0.270 e. The molecule has 0 unspecified atom stereocenters. The van der Waals surface area contributed by atoms with Crippen molar-refractivity contribution >= 4 is 18.2 Å². The summed E-state index contributed by atoms with van der Waals surface area (Å²) in [5, 5.41) is 0. The predicted molar refractivity (Wildman–Crippen MR) is 103 cm³/mol. The Labute approximate surface area is 145 Å². The molecule has 0 aliphatic carbocycles. The molecular formula is C18H36O3SSi. The zero-order valence-electron chi connectivity index (χ0n) is 16.1. The third-order valence-corrected chi connectivity index (χ3v) is 11.6. The van der Waals surface area contributed by atoms with Crippen molar-refractivity contribution < 1.29 is 12.6 Å². The molecule has 0 amide bonds. The Morgan fingerprint density at radius 1 is 0.870 bits per heavy atom. The summed E-state index contributed by atoms with van der Waals surface area (Å²) in [4.78, 5) is 0. The SMILES string of the molecule is CC(C)[Si](C#CCCCCCCOS(C)(=O)=O)(C(C)C)C(C)C. The topological polar surface area (TPSA) is 43.4 Å². The average Bonchev–Trinajstić information content (AvgIpc) is 2.38. The molecule has 3 nitrogen and oxygen atoms in total. The second kappa shape index (κ2) is 10.5. The molecule has 0 radical (unpaired) electrons. The molecule has 0 aliphatic rings. The van der Waals surface area contributed by atoms with E-state index in [-0.39, 0.29) is 0 Å². The molecule has 23 heavy (non-hydrogen) atoms. The normalized spacial score (nSPS) is 12.8. The molecular weight excluding hydrogens is 324 g/mol. The second-order valence-corrected chi connectivity index (χ2v) is 14.6. The van der Waals surface area contributed by atoms with E-state index in [0.29, 0.717) is 23.2 Å². The van der Waals surface area contributed by atoms with E-state index in [4.69, 9.17) is 4.18 Å². The van der Waals surface area contributed by atoms with Crippen LogP contribution in [0.2, 0.25) is 16.6 Å². The number of unbranched alkanes of at least 4 members (excludes halogenated alkanes) is 4. The molecule has 0 aliphatic heterocycles. The van der Waals surface area contributed by atoms with Gasteiger partial charge in [0.05, 0.1) is 12.9 Å². The molecule has 0 fully saturated rings. The molecule has 0 rings (SSSR count). The van der Waals surface area contributed by atoms with Gasteiger partial charge in [0, 0.05) is 6.42 Å². The molecule has 0 aromatic carbocycles. The minimum atomic E-state index is -3.28. The number of rotatable bonds is 10. The van der Waals surface area contributed by atoms with E-state index in [1.54, 1.807) is 0 Å². The highest BCUT2D eigenvalue weighted by Crippen LogP contribution is 2.40. The standard InChI is InChI=1S/C18H36O3SSi/c1-16(2)23(17(3)4,18(5)6)15-13-11-9-8-10-12-14-21-22(7,19)20/h16-18H,8-12,14H2,1-7H3. The van der Waals surface area contributed by atoms with Gasteiger partial charge in [0.2, 0.25) is 0 Å². The van der Waals surface area contributed by atoms with Crippen LogP contribution in [-0.2, 0) is 14.3 Å². The van der Waals surface area contributed by atoms with Crippen molar-refractivity contribution in [2.24, 2.45) is 0 Å². The van der Waals surface area contributed by atoms with Crippen molar-refractivity contribution in [1.82, 2.24) is 0 Å². The van der Waals surface area contributed by atoms with E-state index in [2.05, 4.69) is 53.0 Å². The summed E-state index contributed by atoms with van der Waals surface area (Å²) >= 11 is 0. The van der Waals surface area contributed by atoms with Gasteiger partial charge in [0.25, 0.3) is 10.1 Å². The van der Waals surface area contributed by atoms with E-state index in [9.17, 15) is 8.42 Å². The summed E-state index contributed by atoms with van der Waals surface area (Å²) in [7, 11) is -4.86. The third kappa shape index (κ3) is 8.37. The third-order valence-electron chi connectivity index (χ3n) is 4.66. The average molecular weight is 361 g/mol. The lowest BCUT2D eigenvalue weighted by molar-refractivity contribution is 0.310. The van der Waals surface area contributed by atoms with Crippen LogP contribution in [0.3, 0.4) is 0 Å². The Kier molecular flexibility index (Phi) is 10.4. The molecule has 0 saturated carbocycles. The molecule has 0 aromatic rings. The first-order valence-electron chi connectivity index (χ1n) is 8.88. The van der Waals surface area contributed by atoms with Crippen LogP contribution in [-0.4, -0.2) is 29.4 Å². The van der Waals surface area contributed by atoms with Crippen molar-refractivity contribution in [3.05, 3.63) is 0 Å². The van der Waals surface area contributed by atoms with Crippen LogP contribution >= 0.6 is 0 Å². The van der Waals surface area contributed by atoms with Crippen LogP contribution in [0, 0.1) is 11.5 Å². The monoisotopic (exact) mass is 360 g/mol. The summed E-state index contributed by atoms with van der Waals surface area (Å²) in [6.45, 7) is 14.3. The molecule has 0 aromatic heterocycles. The summed E-state index contributed by atoms with van der Waals surface area (Å²) in [5.41, 5.74) is 5.79. The summed E-state index contributed by atoms with van der Waals surface area (Å²) in [6.07, 6.45) is 6.01. The van der Waals surface area contributed by atoms with E-state index in [1.165, 1.54) is 0 Å². The maximum atomic E-state index is 10.8. The van der Waals surface area contributed by atoms with E-state index >= 15 is 0 Å². The predicted octanol–water partition coefficient (Wildman–Crippen LogP) is 5.13. The van der Waals surface area contributed by atoms with Crippen molar-refractivity contribution in [1.29, 1.82) is 0 Å². The van der Waals surface area contributed by atoms with Crippen molar-refractivity contribution in [3.63, 3.8) is 0 Å². The van der Waals surface area contributed by atoms with Crippen molar-refractivity contribution in [2.45, 2.75) is 90.3 Å². The second-order valence-electron chi connectivity index (χ2n) is 7.39. The van der Waals surface area contributed by atoms with Gasteiger partial charge in [-0.15, -0.1) is 11.5 Å². The Morgan fingerprint density at radius 2 is 1.35 bits per heavy atom. The van der Waals surface area contributed by atoms with Crippen molar-refractivity contribution in [2.75, 3.05) is 12.9 Å². The smallest absolute Gasteiger partial charge is 0.264 e. The van der Waals surface area contributed by atoms with Crippen LogP contribution in [0.4, 0.5) is 0 Å². The van der Waals surface area contributed by atoms with Crippen LogP contribution in [0.5, 0.6) is 0 Å².